The van der Waals surface area contributed by atoms with Gasteiger partial charge in [0.1, 0.15) is 5.65 Å². The lowest BCUT2D eigenvalue weighted by Gasteiger charge is -2.01. The predicted octanol–water partition coefficient (Wildman–Crippen LogP) is 1.54. The van der Waals surface area contributed by atoms with E-state index >= 15 is 0 Å². The monoisotopic (exact) mass is 352 g/mol. The van der Waals surface area contributed by atoms with Crippen molar-refractivity contribution in [3.8, 4) is 0 Å². The van der Waals surface area contributed by atoms with Crippen LogP contribution in [0.1, 0.15) is 5.69 Å². The summed E-state index contributed by atoms with van der Waals surface area (Å²) in [6, 6.07) is 5.81. The van der Waals surface area contributed by atoms with Gasteiger partial charge in [0.15, 0.2) is 0 Å². The SMILES string of the molecule is O=c1c(I)cncn1Cc1cn2ccccc2n1. The van der Waals surface area contributed by atoms with Crippen molar-refractivity contribution in [2.24, 2.45) is 0 Å². The van der Waals surface area contributed by atoms with Crippen LogP contribution in [-0.2, 0) is 6.54 Å². The van der Waals surface area contributed by atoms with Crippen molar-refractivity contribution >= 4 is 28.2 Å². The van der Waals surface area contributed by atoms with Gasteiger partial charge >= 0.3 is 0 Å². The molecule has 90 valence electrons. The molecular formula is C12H9IN4O. The molecule has 0 aliphatic carbocycles. The van der Waals surface area contributed by atoms with Crippen molar-refractivity contribution in [2.45, 2.75) is 6.54 Å². The summed E-state index contributed by atoms with van der Waals surface area (Å²) in [4.78, 5) is 20.3. The lowest BCUT2D eigenvalue weighted by atomic mass is 10.4. The van der Waals surface area contributed by atoms with E-state index in [4.69, 9.17) is 0 Å². The van der Waals surface area contributed by atoms with E-state index in [1.807, 2.05) is 57.6 Å². The Morgan fingerprint density at radius 3 is 3.06 bits per heavy atom. The third kappa shape index (κ3) is 2.03. The molecule has 6 heteroatoms. The number of nitrogens with zero attached hydrogens (tertiary/aromatic N) is 4. The standard InChI is InChI=1S/C12H9IN4O/c13-10-5-14-8-17(12(10)18)7-9-6-16-4-2-1-3-11(16)15-9/h1-6,8H,7H2. The van der Waals surface area contributed by atoms with Gasteiger partial charge in [-0.25, -0.2) is 9.97 Å². The minimum absolute atomic E-state index is 0.0392. The van der Waals surface area contributed by atoms with Crippen molar-refractivity contribution in [3.63, 3.8) is 0 Å². The molecule has 0 amide bonds. The highest BCUT2D eigenvalue weighted by Gasteiger charge is 2.05. The van der Waals surface area contributed by atoms with E-state index in [0.29, 0.717) is 10.1 Å². The van der Waals surface area contributed by atoms with Crippen LogP contribution in [0.15, 0.2) is 47.9 Å². The van der Waals surface area contributed by atoms with Crippen LogP contribution in [0.2, 0.25) is 0 Å². The minimum atomic E-state index is -0.0392. The fraction of sp³-hybridized carbons (Fsp3) is 0.0833. The second-order valence-electron chi connectivity index (χ2n) is 3.87. The minimum Gasteiger partial charge on any atom is -0.307 e. The van der Waals surface area contributed by atoms with Crippen LogP contribution in [0, 0.1) is 3.57 Å². The first-order valence-electron chi connectivity index (χ1n) is 5.36. The lowest BCUT2D eigenvalue weighted by molar-refractivity contribution is 0.717. The van der Waals surface area contributed by atoms with E-state index in [-0.39, 0.29) is 5.56 Å². The predicted molar refractivity (Wildman–Crippen MR) is 75.5 cm³/mol. The first kappa shape index (κ1) is 11.4. The molecule has 0 spiro atoms. The second-order valence-corrected chi connectivity index (χ2v) is 5.04. The summed E-state index contributed by atoms with van der Waals surface area (Å²) < 4.78 is 4.10. The number of imidazole rings is 1. The van der Waals surface area contributed by atoms with E-state index in [9.17, 15) is 4.79 Å². The number of hydrogen-bond donors (Lipinski definition) is 0. The van der Waals surface area contributed by atoms with Gasteiger partial charge < -0.3 is 4.40 Å². The fourth-order valence-electron chi connectivity index (χ4n) is 1.77. The van der Waals surface area contributed by atoms with Crippen molar-refractivity contribution in [1.29, 1.82) is 0 Å². The summed E-state index contributed by atoms with van der Waals surface area (Å²) in [5, 5.41) is 0. The van der Waals surface area contributed by atoms with Gasteiger partial charge in [0.05, 0.1) is 22.1 Å². The quantitative estimate of drug-likeness (QED) is 0.658. The van der Waals surface area contributed by atoms with E-state index in [0.717, 1.165) is 11.3 Å². The van der Waals surface area contributed by atoms with Crippen molar-refractivity contribution in [3.05, 3.63) is 62.7 Å². The third-order valence-electron chi connectivity index (χ3n) is 2.61. The van der Waals surface area contributed by atoms with Crippen LogP contribution < -0.4 is 5.56 Å². The molecule has 3 aromatic rings. The zero-order chi connectivity index (χ0) is 12.5. The van der Waals surface area contributed by atoms with E-state index in [2.05, 4.69) is 9.97 Å². The zero-order valence-electron chi connectivity index (χ0n) is 9.32. The summed E-state index contributed by atoms with van der Waals surface area (Å²) in [7, 11) is 0. The Bertz CT molecular complexity index is 729. The van der Waals surface area contributed by atoms with Gasteiger partial charge in [0.2, 0.25) is 0 Å². The van der Waals surface area contributed by atoms with Crippen LogP contribution in [-0.4, -0.2) is 18.9 Å². The highest BCUT2D eigenvalue weighted by Crippen LogP contribution is 2.05. The Hall–Kier alpha value is -1.70. The molecule has 5 nitrogen and oxygen atoms in total. The average Bonchev–Trinajstić information content (AvgIpc) is 2.77. The molecule has 0 radical (unpaired) electrons. The average molecular weight is 352 g/mol. The Labute approximate surface area is 116 Å². The van der Waals surface area contributed by atoms with Crippen LogP contribution in [0.25, 0.3) is 5.65 Å². The molecule has 0 saturated heterocycles. The third-order valence-corrected chi connectivity index (χ3v) is 3.35. The molecule has 3 rings (SSSR count). The Balaban J connectivity index is 2.01. The van der Waals surface area contributed by atoms with E-state index in [1.54, 1.807) is 10.8 Å². The van der Waals surface area contributed by atoms with Gasteiger partial charge in [-0.2, -0.15) is 0 Å². The lowest BCUT2D eigenvalue weighted by Crippen LogP contribution is -2.23. The van der Waals surface area contributed by atoms with Crippen LogP contribution in [0.3, 0.4) is 0 Å². The van der Waals surface area contributed by atoms with E-state index < -0.39 is 0 Å². The normalized spacial score (nSPS) is 10.9. The number of hydrogen-bond acceptors (Lipinski definition) is 3. The highest BCUT2D eigenvalue weighted by atomic mass is 127. The molecule has 0 aromatic carbocycles. The first-order chi connectivity index (χ1) is 8.74. The topological polar surface area (TPSA) is 52.2 Å². The van der Waals surface area contributed by atoms with E-state index in [1.165, 1.54) is 6.33 Å². The van der Waals surface area contributed by atoms with Gasteiger partial charge in [-0.05, 0) is 34.7 Å². The van der Waals surface area contributed by atoms with Gasteiger partial charge in [0.25, 0.3) is 5.56 Å². The maximum Gasteiger partial charge on any atom is 0.267 e. The van der Waals surface area contributed by atoms with Crippen molar-refractivity contribution < 1.29 is 0 Å². The fourth-order valence-corrected chi connectivity index (χ4v) is 2.25. The number of fused-ring (bicyclic) bond motifs is 1. The Morgan fingerprint density at radius 1 is 1.33 bits per heavy atom. The van der Waals surface area contributed by atoms with Crippen LogP contribution in [0.5, 0.6) is 0 Å². The first-order valence-corrected chi connectivity index (χ1v) is 6.44. The molecular weight excluding hydrogens is 343 g/mol. The highest BCUT2D eigenvalue weighted by molar-refractivity contribution is 14.1. The summed E-state index contributed by atoms with van der Waals surface area (Å²) >= 11 is 1.99. The molecule has 0 N–H and O–H groups in total. The molecule has 0 saturated carbocycles. The Morgan fingerprint density at radius 2 is 2.22 bits per heavy atom. The summed E-state index contributed by atoms with van der Waals surface area (Å²) in [6.07, 6.45) is 6.95. The number of halogens is 1. The second kappa shape index (κ2) is 4.52. The van der Waals surface area contributed by atoms with Crippen LogP contribution in [0.4, 0.5) is 0 Å². The molecule has 0 bridgehead atoms. The largest absolute Gasteiger partial charge is 0.307 e. The number of aromatic nitrogens is 4. The Kier molecular flexibility index (Phi) is 2.86. The molecule has 0 unspecified atom stereocenters. The molecule has 0 fully saturated rings. The molecule has 0 aliphatic rings. The maximum atomic E-state index is 11.9. The number of pyridine rings is 1. The zero-order valence-corrected chi connectivity index (χ0v) is 11.5. The van der Waals surface area contributed by atoms with Gasteiger partial charge in [-0.3, -0.25) is 9.36 Å². The summed E-state index contributed by atoms with van der Waals surface area (Å²) in [5.41, 5.74) is 1.67. The molecule has 3 aromatic heterocycles. The summed E-state index contributed by atoms with van der Waals surface area (Å²) in [6.45, 7) is 0.435. The van der Waals surface area contributed by atoms with Crippen molar-refractivity contribution in [2.75, 3.05) is 0 Å². The maximum absolute atomic E-state index is 11.9. The van der Waals surface area contributed by atoms with Crippen LogP contribution >= 0.6 is 22.6 Å². The van der Waals surface area contributed by atoms with Gasteiger partial charge in [0, 0.05) is 18.6 Å². The molecule has 0 aliphatic heterocycles. The summed E-state index contributed by atoms with van der Waals surface area (Å²) in [5.74, 6) is 0. The molecule has 3 heterocycles. The molecule has 0 atom stereocenters. The molecule has 18 heavy (non-hydrogen) atoms. The van der Waals surface area contributed by atoms with Gasteiger partial charge in [-0.15, -0.1) is 0 Å². The van der Waals surface area contributed by atoms with Crippen molar-refractivity contribution in [1.82, 2.24) is 18.9 Å². The van der Waals surface area contributed by atoms with Gasteiger partial charge in [-0.1, -0.05) is 6.07 Å². The smallest absolute Gasteiger partial charge is 0.267 e. The number of rotatable bonds is 2.